The molecule has 2 heterocycles. The van der Waals surface area contributed by atoms with E-state index >= 15 is 0 Å². The quantitative estimate of drug-likeness (QED) is 0.869. The van der Waals surface area contributed by atoms with Gasteiger partial charge in [0.2, 0.25) is 0 Å². The van der Waals surface area contributed by atoms with E-state index in [9.17, 15) is 4.79 Å². The molecule has 27 heavy (non-hydrogen) atoms. The molecular formula is C22H28ClN3O. The van der Waals surface area contributed by atoms with Crippen molar-refractivity contribution in [1.29, 1.82) is 0 Å². The first-order valence-electron chi connectivity index (χ1n) is 9.61. The van der Waals surface area contributed by atoms with Gasteiger partial charge in [0.15, 0.2) is 0 Å². The molecule has 1 N–H and O–H groups in total. The SMILES string of the molecule is CN(C(=O)c1cccc2c1CCCN2)C1CCN(Cc2ccccc2)C1.Cl. The molecule has 2 aromatic carbocycles. The van der Waals surface area contributed by atoms with Crippen molar-refractivity contribution in [2.45, 2.75) is 31.8 Å². The predicted molar refractivity (Wildman–Crippen MR) is 113 cm³/mol. The minimum absolute atomic E-state index is 0. The molecule has 1 fully saturated rings. The minimum atomic E-state index is 0. The number of nitrogens with zero attached hydrogens (tertiary/aromatic N) is 2. The van der Waals surface area contributed by atoms with Gasteiger partial charge in [0.05, 0.1) is 0 Å². The van der Waals surface area contributed by atoms with Gasteiger partial charge in [0.1, 0.15) is 0 Å². The highest BCUT2D eigenvalue weighted by atomic mass is 35.5. The maximum atomic E-state index is 13.1. The number of hydrogen-bond donors (Lipinski definition) is 1. The lowest BCUT2D eigenvalue weighted by Gasteiger charge is -2.28. The number of rotatable bonds is 4. The fraction of sp³-hybridized carbons (Fsp3) is 0.409. The van der Waals surface area contributed by atoms with Gasteiger partial charge in [-0.3, -0.25) is 9.69 Å². The Kier molecular flexibility index (Phi) is 6.40. The number of hydrogen-bond acceptors (Lipinski definition) is 3. The summed E-state index contributed by atoms with van der Waals surface area (Å²) in [4.78, 5) is 17.6. The van der Waals surface area contributed by atoms with E-state index in [1.165, 1.54) is 11.1 Å². The van der Waals surface area contributed by atoms with Gasteiger partial charge in [-0.1, -0.05) is 36.4 Å². The van der Waals surface area contributed by atoms with Crippen LogP contribution in [0.1, 0.15) is 34.3 Å². The predicted octanol–water partition coefficient (Wildman–Crippen LogP) is 3.81. The van der Waals surface area contributed by atoms with E-state index in [2.05, 4.69) is 46.6 Å². The highest BCUT2D eigenvalue weighted by molar-refractivity contribution is 5.97. The zero-order valence-corrected chi connectivity index (χ0v) is 16.7. The molecule has 1 unspecified atom stereocenters. The second-order valence-electron chi connectivity index (χ2n) is 7.44. The molecule has 2 aromatic rings. The zero-order valence-electron chi connectivity index (χ0n) is 15.9. The van der Waals surface area contributed by atoms with Crippen molar-refractivity contribution < 1.29 is 4.79 Å². The van der Waals surface area contributed by atoms with Crippen LogP contribution < -0.4 is 5.32 Å². The monoisotopic (exact) mass is 385 g/mol. The molecule has 1 amide bonds. The Labute approximate surface area is 168 Å². The topological polar surface area (TPSA) is 35.6 Å². The Bertz CT molecular complexity index is 780. The van der Waals surface area contributed by atoms with Crippen LogP contribution in [0.2, 0.25) is 0 Å². The van der Waals surface area contributed by atoms with Crippen LogP contribution in [0.3, 0.4) is 0 Å². The molecule has 144 valence electrons. The van der Waals surface area contributed by atoms with Crippen molar-refractivity contribution in [3.8, 4) is 0 Å². The van der Waals surface area contributed by atoms with Gasteiger partial charge < -0.3 is 10.2 Å². The van der Waals surface area contributed by atoms with Crippen LogP contribution >= 0.6 is 12.4 Å². The third kappa shape index (κ3) is 4.28. The maximum Gasteiger partial charge on any atom is 0.254 e. The van der Waals surface area contributed by atoms with Gasteiger partial charge in [-0.15, -0.1) is 12.4 Å². The highest BCUT2D eigenvalue weighted by Gasteiger charge is 2.30. The van der Waals surface area contributed by atoms with Crippen LogP contribution in [0, 0.1) is 0 Å². The third-order valence-electron chi connectivity index (χ3n) is 5.69. The van der Waals surface area contributed by atoms with E-state index in [0.29, 0.717) is 6.04 Å². The number of carbonyl (C=O) groups excluding carboxylic acids is 1. The third-order valence-corrected chi connectivity index (χ3v) is 5.69. The van der Waals surface area contributed by atoms with Crippen LogP contribution in [-0.4, -0.2) is 48.4 Å². The molecule has 0 aliphatic carbocycles. The molecule has 0 spiro atoms. The van der Waals surface area contributed by atoms with Crippen molar-refractivity contribution >= 4 is 24.0 Å². The van der Waals surface area contributed by atoms with Crippen molar-refractivity contribution in [3.05, 3.63) is 65.2 Å². The number of likely N-dealkylation sites (N-methyl/N-ethyl adjacent to an activating group) is 1. The summed E-state index contributed by atoms with van der Waals surface area (Å²) < 4.78 is 0. The largest absolute Gasteiger partial charge is 0.385 e. The summed E-state index contributed by atoms with van der Waals surface area (Å²) >= 11 is 0. The summed E-state index contributed by atoms with van der Waals surface area (Å²) in [6.07, 6.45) is 3.13. The smallest absolute Gasteiger partial charge is 0.254 e. The Morgan fingerprint density at radius 2 is 2.00 bits per heavy atom. The Balaban J connectivity index is 0.00000210. The molecule has 1 atom stereocenters. The van der Waals surface area contributed by atoms with Gasteiger partial charge in [-0.25, -0.2) is 0 Å². The highest BCUT2D eigenvalue weighted by Crippen LogP contribution is 2.27. The van der Waals surface area contributed by atoms with E-state index in [4.69, 9.17) is 0 Å². The zero-order chi connectivity index (χ0) is 17.9. The standard InChI is InChI=1S/C22H27N3O.ClH/c1-24(18-12-14-25(16-18)15-17-7-3-2-4-8-17)22(26)20-9-5-11-21-19(20)10-6-13-23-21;/h2-5,7-9,11,18,23H,6,10,12-16H2,1H3;1H. The maximum absolute atomic E-state index is 13.1. The molecule has 5 heteroatoms. The molecule has 2 aliphatic heterocycles. The van der Waals surface area contributed by atoms with Crippen LogP contribution in [0.4, 0.5) is 5.69 Å². The van der Waals surface area contributed by atoms with Gasteiger partial charge in [-0.05, 0) is 42.5 Å². The van der Waals surface area contributed by atoms with Gasteiger partial charge in [0.25, 0.3) is 5.91 Å². The van der Waals surface area contributed by atoms with E-state index in [-0.39, 0.29) is 18.3 Å². The number of halogens is 1. The first kappa shape index (κ1) is 19.7. The number of carbonyl (C=O) groups is 1. The summed E-state index contributed by atoms with van der Waals surface area (Å²) in [5.74, 6) is 0.164. The van der Waals surface area contributed by atoms with Gasteiger partial charge in [-0.2, -0.15) is 0 Å². The Morgan fingerprint density at radius 3 is 2.81 bits per heavy atom. The fourth-order valence-corrected chi connectivity index (χ4v) is 4.18. The van der Waals surface area contributed by atoms with Crippen molar-refractivity contribution in [3.63, 3.8) is 0 Å². The normalized spacial score (nSPS) is 18.9. The van der Waals surface area contributed by atoms with Crippen molar-refractivity contribution in [2.24, 2.45) is 0 Å². The molecule has 4 nitrogen and oxygen atoms in total. The average molecular weight is 386 g/mol. The van der Waals surface area contributed by atoms with E-state index in [1.807, 2.05) is 24.1 Å². The van der Waals surface area contributed by atoms with Gasteiger partial charge in [0, 0.05) is 50.5 Å². The molecule has 1 saturated heterocycles. The lowest BCUT2D eigenvalue weighted by atomic mass is 9.96. The number of fused-ring (bicyclic) bond motifs is 1. The minimum Gasteiger partial charge on any atom is -0.385 e. The molecular weight excluding hydrogens is 358 g/mol. The summed E-state index contributed by atoms with van der Waals surface area (Å²) in [7, 11) is 1.97. The molecule has 4 rings (SSSR count). The van der Waals surface area contributed by atoms with E-state index in [0.717, 1.165) is 56.7 Å². The van der Waals surface area contributed by atoms with Crippen molar-refractivity contribution in [1.82, 2.24) is 9.80 Å². The first-order chi connectivity index (χ1) is 12.7. The van der Waals surface area contributed by atoms with Crippen LogP contribution in [0.5, 0.6) is 0 Å². The number of likely N-dealkylation sites (tertiary alicyclic amines) is 1. The van der Waals surface area contributed by atoms with E-state index < -0.39 is 0 Å². The van der Waals surface area contributed by atoms with Crippen LogP contribution in [0.15, 0.2) is 48.5 Å². The fourth-order valence-electron chi connectivity index (χ4n) is 4.18. The van der Waals surface area contributed by atoms with E-state index in [1.54, 1.807) is 0 Å². The number of anilines is 1. The first-order valence-corrected chi connectivity index (χ1v) is 9.61. The molecule has 0 radical (unpaired) electrons. The summed E-state index contributed by atoms with van der Waals surface area (Å²) in [5.41, 5.74) is 4.53. The number of amides is 1. The molecule has 0 bridgehead atoms. The lowest BCUT2D eigenvalue weighted by Crippen LogP contribution is -2.39. The van der Waals surface area contributed by atoms with Crippen molar-refractivity contribution in [2.75, 3.05) is 32.0 Å². The second kappa shape index (κ2) is 8.77. The molecule has 2 aliphatic rings. The Hall–Kier alpha value is -2.04. The number of benzene rings is 2. The summed E-state index contributed by atoms with van der Waals surface area (Å²) in [6.45, 7) is 3.96. The number of nitrogens with one attached hydrogen (secondary N) is 1. The summed E-state index contributed by atoms with van der Waals surface area (Å²) in [6, 6.07) is 16.9. The van der Waals surface area contributed by atoms with Gasteiger partial charge >= 0.3 is 0 Å². The second-order valence-corrected chi connectivity index (χ2v) is 7.44. The molecule has 0 saturated carbocycles. The summed E-state index contributed by atoms with van der Waals surface area (Å²) in [5, 5.41) is 3.42. The average Bonchev–Trinajstić information content (AvgIpc) is 3.15. The lowest BCUT2D eigenvalue weighted by molar-refractivity contribution is 0.0733. The Morgan fingerprint density at radius 1 is 1.19 bits per heavy atom. The van der Waals surface area contributed by atoms with Crippen LogP contribution in [-0.2, 0) is 13.0 Å². The molecule has 0 aromatic heterocycles. The van der Waals surface area contributed by atoms with Crippen LogP contribution in [0.25, 0.3) is 0 Å².